The SMILES string of the molecule is CCC(CN)Nc1c(F)c(F)c(F)c(F)c1F. The minimum absolute atomic E-state index is 0.00992. The molecule has 17 heavy (non-hydrogen) atoms. The van der Waals surface area contributed by atoms with Crippen molar-refractivity contribution in [1.29, 1.82) is 0 Å². The van der Waals surface area contributed by atoms with Crippen LogP contribution in [-0.2, 0) is 0 Å². The largest absolute Gasteiger partial charge is 0.376 e. The second kappa shape index (κ2) is 5.31. The quantitative estimate of drug-likeness (QED) is 0.492. The number of benzene rings is 1. The summed E-state index contributed by atoms with van der Waals surface area (Å²) >= 11 is 0. The molecule has 0 saturated carbocycles. The monoisotopic (exact) mass is 254 g/mol. The molecular weight excluding hydrogens is 243 g/mol. The maximum atomic E-state index is 13.2. The Morgan fingerprint density at radius 1 is 0.941 bits per heavy atom. The van der Waals surface area contributed by atoms with Gasteiger partial charge in [-0.1, -0.05) is 6.92 Å². The van der Waals surface area contributed by atoms with Crippen LogP contribution in [-0.4, -0.2) is 12.6 Å². The second-order valence-electron chi connectivity index (χ2n) is 3.43. The number of rotatable bonds is 4. The van der Waals surface area contributed by atoms with Gasteiger partial charge in [0.15, 0.2) is 23.3 Å². The molecule has 0 aliphatic heterocycles. The first kappa shape index (κ1) is 13.7. The molecule has 1 rings (SSSR count). The van der Waals surface area contributed by atoms with E-state index < -0.39 is 40.8 Å². The minimum atomic E-state index is -2.17. The molecule has 7 heteroatoms. The van der Waals surface area contributed by atoms with E-state index in [-0.39, 0.29) is 6.54 Å². The summed E-state index contributed by atoms with van der Waals surface area (Å²) < 4.78 is 64.8. The molecule has 0 radical (unpaired) electrons. The van der Waals surface area contributed by atoms with Crippen molar-refractivity contribution >= 4 is 5.69 Å². The predicted molar refractivity (Wildman–Crippen MR) is 53.0 cm³/mol. The van der Waals surface area contributed by atoms with Gasteiger partial charge >= 0.3 is 0 Å². The van der Waals surface area contributed by atoms with Gasteiger partial charge in [-0.25, -0.2) is 22.0 Å². The molecule has 0 saturated heterocycles. The van der Waals surface area contributed by atoms with Crippen molar-refractivity contribution in [3.63, 3.8) is 0 Å². The highest BCUT2D eigenvalue weighted by Gasteiger charge is 2.26. The van der Waals surface area contributed by atoms with E-state index in [9.17, 15) is 22.0 Å². The molecule has 0 aliphatic rings. The first-order valence-corrected chi connectivity index (χ1v) is 4.92. The molecule has 1 unspecified atom stereocenters. The lowest BCUT2D eigenvalue weighted by molar-refractivity contribution is 0.380. The van der Waals surface area contributed by atoms with Gasteiger partial charge < -0.3 is 11.1 Å². The number of halogens is 5. The van der Waals surface area contributed by atoms with E-state index in [1.807, 2.05) is 0 Å². The van der Waals surface area contributed by atoms with Crippen LogP contribution in [0, 0.1) is 29.1 Å². The zero-order valence-corrected chi connectivity index (χ0v) is 8.96. The molecule has 0 bridgehead atoms. The van der Waals surface area contributed by atoms with Crippen LogP contribution in [0.5, 0.6) is 0 Å². The van der Waals surface area contributed by atoms with E-state index >= 15 is 0 Å². The van der Waals surface area contributed by atoms with Crippen LogP contribution in [0.4, 0.5) is 27.6 Å². The van der Waals surface area contributed by atoms with Gasteiger partial charge in [-0.05, 0) is 6.42 Å². The van der Waals surface area contributed by atoms with Crippen molar-refractivity contribution < 1.29 is 22.0 Å². The second-order valence-corrected chi connectivity index (χ2v) is 3.43. The Labute approximate surface area is 94.6 Å². The van der Waals surface area contributed by atoms with E-state index in [0.29, 0.717) is 6.42 Å². The Hall–Kier alpha value is -1.37. The van der Waals surface area contributed by atoms with Crippen molar-refractivity contribution in [1.82, 2.24) is 0 Å². The number of nitrogens with two attached hydrogens (primary N) is 1. The molecule has 0 spiro atoms. The van der Waals surface area contributed by atoms with E-state index in [0.717, 1.165) is 0 Å². The lowest BCUT2D eigenvalue weighted by Crippen LogP contribution is -2.29. The van der Waals surface area contributed by atoms with Crippen LogP contribution in [0.15, 0.2) is 0 Å². The third-order valence-corrected chi connectivity index (χ3v) is 2.34. The van der Waals surface area contributed by atoms with Crippen LogP contribution in [0.1, 0.15) is 13.3 Å². The van der Waals surface area contributed by atoms with Gasteiger partial charge in [0, 0.05) is 12.6 Å². The Bertz CT molecular complexity index is 389. The van der Waals surface area contributed by atoms with Crippen molar-refractivity contribution in [3.05, 3.63) is 29.1 Å². The number of anilines is 1. The molecule has 1 aromatic rings. The zero-order chi connectivity index (χ0) is 13.2. The Balaban J connectivity index is 3.24. The van der Waals surface area contributed by atoms with Gasteiger partial charge in [0.25, 0.3) is 0 Å². The van der Waals surface area contributed by atoms with Crippen LogP contribution in [0.3, 0.4) is 0 Å². The zero-order valence-electron chi connectivity index (χ0n) is 8.96. The molecule has 96 valence electrons. The first-order chi connectivity index (χ1) is 7.93. The third-order valence-electron chi connectivity index (χ3n) is 2.34. The fourth-order valence-corrected chi connectivity index (χ4v) is 1.26. The summed E-state index contributed by atoms with van der Waals surface area (Å²) in [6.45, 7) is 1.67. The Kier molecular flexibility index (Phi) is 4.28. The first-order valence-electron chi connectivity index (χ1n) is 4.92. The molecule has 0 fully saturated rings. The van der Waals surface area contributed by atoms with Crippen LogP contribution < -0.4 is 11.1 Å². The number of hydrogen-bond donors (Lipinski definition) is 2. The topological polar surface area (TPSA) is 38.0 Å². The molecule has 1 aromatic carbocycles. The van der Waals surface area contributed by atoms with E-state index in [4.69, 9.17) is 5.73 Å². The molecule has 0 aliphatic carbocycles. The third kappa shape index (κ3) is 2.49. The van der Waals surface area contributed by atoms with Crippen LogP contribution in [0.2, 0.25) is 0 Å². The van der Waals surface area contributed by atoms with Gasteiger partial charge in [-0.2, -0.15) is 0 Å². The highest BCUT2D eigenvalue weighted by Crippen LogP contribution is 2.27. The number of hydrogen-bond acceptors (Lipinski definition) is 2. The highest BCUT2D eigenvalue weighted by atomic mass is 19.2. The molecule has 3 N–H and O–H groups in total. The summed E-state index contributed by atoms with van der Waals surface area (Å²) in [7, 11) is 0. The summed E-state index contributed by atoms with van der Waals surface area (Å²) in [6, 6.07) is -0.566. The molecule has 0 amide bonds. The Morgan fingerprint density at radius 3 is 1.71 bits per heavy atom. The fourth-order valence-electron chi connectivity index (χ4n) is 1.26. The van der Waals surface area contributed by atoms with Crippen molar-refractivity contribution in [2.75, 3.05) is 11.9 Å². The summed E-state index contributed by atoms with van der Waals surface area (Å²) in [5, 5.41) is 2.20. The maximum absolute atomic E-state index is 13.2. The van der Waals surface area contributed by atoms with Crippen molar-refractivity contribution in [3.8, 4) is 0 Å². The van der Waals surface area contributed by atoms with E-state index in [1.165, 1.54) is 0 Å². The number of nitrogens with one attached hydrogen (secondary N) is 1. The fraction of sp³-hybridized carbons (Fsp3) is 0.400. The normalized spacial score (nSPS) is 12.6. The predicted octanol–water partition coefficient (Wildman–Crippen LogP) is 2.53. The average molecular weight is 254 g/mol. The highest BCUT2D eigenvalue weighted by molar-refractivity contribution is 5.48. The molecule has 1 atom stereocenters. The summed E-state index contributed by atoms with van der Waals surface area (Å²) in [6.07, 6.45) is 0.385. The lowest BCUT2D eigenvalue weighted by atomic mass is 10.2. The summed E-state index contributed by atoms with van der Waals surface area (Å²) in [5.74, 6) is -9.88. The maximum Gasteiger partial charge on any atom is 0.200 e. The van der Waals surface area contributed by atoms with Crippen LogP contribution >= 0.6 is 0 Å². The van der Waals surface area contributed by atoms with Gasteiger partial charge in [0.2, 0.25) is 5.82 Å². The van der Waals surface area contributed by atoms with Gasteiger partial charge in [-0.15, -0.1) is 0 Å². The van der Waals surface area contributed by atoms with E-state index in [1.54, 1.807) is 6.92 Å². The minimum Gasteiger partial charge on any atom is -0.376 e. The standard InChI is InChI=1S/C10H11F5N2/c1-2-4(3-16)17-10-8(14)6(12)5(11)7(13)9(10)15/h4,17H,2-3,16H2,1H3. The molecule has 0 aromatic heterocycles. The van der Waals surface area contributed by atoms with Gasteiger partial charge in [0.05, 0.1) is 0 Å². The summed E-state index contributed by atoms with van der Waals surface area (Å²) in [5.41, 5.74) is 4.23. The van der Waals surface area contributed by atoms with Crippen LogP contribution in [0.25, 0.3) is 0 Å². The van der Waals surface area contributed by atoms with Crippen molar-refractivity contribution in [2.45, 2.75) is 19.4 Å². The molecule has 0 heterocycles. The molecular formula is C10H11F5N2. The van der Waals surface area contributed by atoms with E-state index in [2.05, 4.69) is 5.32 Å². The van der Waals surface area contributed by atoms with Gasteiger partial charge in [-0.3, -0.25) is 0 Å². The van der Waals surface area contributed by atoms with Gasteiger partial charge in [0.1, 0.15) is 5.69 Å². The average Bonchev–Trinajstić information content (AvgIpc) is 2.34. The summed E-state index contributed by atoms with van der Waals surface area (Å²) in [4.78, 5) is 0. The molecule has 2 nitrogen and oxygen atoms in total. The smallest absolute Gasteiger partial charge is 0.200 e. The van der Waals surface area contributed by atoms with Crippen molar-refractivity contribution in [2.24, 2.45) is 5.73 Å². The Morgan fingerprint density at radius 2 is 1.35 bits per heavy atom. The lowest BCUT2D eigenvalue weighted by Gasteiger charge is -2.17.